The number of para-hydroxylation sites is 3. The van der Waals surface area contributed by atoms with E-state index in [-0.39, 0.29) is 11.6 Å². The fraction of sp³-hybridized carbons (Fsp3) is 0.0870. The third-order valence-electron chi connectivity index (χ3n) is 9.01. The van der Waals surface area contributed by atoms with Gasteiger partial charge >= 0.3 is 7.12 Å². The van der Waals surface area contributed by atoms with Crippen molar-refractivity contribution in [1.82, 2.24) is 9.97 Å². The van der Waals surface area contributed by atoms with Crippen molar-refractivity contribution in [3.05, 3.63) is 179 Å². The van der Waals surface area contributed by atoms with E-state index in [0.29, 0.717) is 38.7 Å². The molecule has 5 nitrogen and oxygen atoms in total. The highest BCUT2D eigenvalue weighted by molar-refractivity contribution is 6.59. The molecule has 0 saturated carbocycles. The second-order valence-electron chi connectivity index (χ2n) is 13.0. The molecular weight excluding hydrogens is 713 g/mol. The van der Waals surface area contributed by atoms with Gasteiger partial charge in [-0.15, -0.1) is 0 Å². The summed E-state index contributed by atoms with van der Waals surface area (Å²) in [4.78, 5) is 9.30. The van der Waals surface area contributed by atoms with Crippen LogP contribution < -0.4 is 10.2 Å². The fourth-order valence-corrected chi connectivity index (χ4v) is 6.46. The van der Waals surface area contributed by atoms with E-state index in [1.54, 1.807) is 42.5 Å². The fourth-order valence-electron chi connectivity index (χ4n) is 6.20. The van der Waals surface area contributed by atoms with Gasteiger partial charge in [-0.3, -0.25) is 0 Å². The van der Waals surface area contributed by atoms with Crippen LogP contribution in [0.1, 0.15) is 16.7 Å². The maximum absolute atomic E-state index is 14.6. The predicted molar refractivity (Wildman–Crippen MR) is 222 cm³/mol. The Morgan fingerprint density at radius 2 is 1.05 bits per heavy atom. The minimum Gasteiger partial charge on any atom is -0.497 e. The Bertz CT molecular complexity index is 2620. The van der Waals surface area contributed by atoms with Gasteiger partial charge in [-0.2, -0.15) is 0 Å². The minimum atomic E-state index is -1.47. The van der Waals surface area contributed by atoms with Crippen molar-refractivity contribution in [1.29, 1.82) is 0 Å². The van der Waals surface area contributed by atoms with Crippen LogP contribution in [0.4, 0.5) is 8.78 Å². The van der Waals surface area contributed by atoms with Gasteiger partial charge in [0.15, 0.2) is 0 Å². The number of hydrogen-bond donors (Lipinski definition) is 2. The van der Waals surface area contributed by atoms with E-state index in [9.17, 15) is 8.78 Å². The molecule has 0 radical (unpaired) electrons. The van der Waals surface area contributed by atoms with Crippen molar-refractivity contribution >= 4 is 46.0 Å². The number of pyridine rings is 2. The van der Waals surface area contributed by atoms with Gasteiger partial charge in [0.25, 0.3) is 0 Å². The quantitative estimate of drug-likeness (QED) is 0.171. The van der Waals surface area contributed by atoms with E-state index in [0.717, 1.165) is 49.6 Å². The van der Waals surface area contributed by atoms with E-state index < -0.39 is 7.12 Å². The van der Waals surface area contributed by atoms with E-state index in [2.05, 4.69) is 30.1 Å². The van der Waals surface area contributed by atoms with Crippen LogP contribution >= 0.6 is 11.6 Å². The topological polar surface area (TPSA) is 75.5 Å². The molecule has 2 aromatic heterocycles. The van der Waals surface area contributed by atoms with Gasteiger partial charge in [-0.05, 0) is 86.5 Å². The molecule has 0 fully saturated rings. The average molecular weight is 751 g/mol. The zero-order chi connectivity index (χ0) is 39.1. The van der Waals surface area contributed by atoms with Crippen LogP contribution in [-0.4, -0.2) is 34.2 Å². The summed E-state index contributed by atoms with van der Waals surface area (Å²) >= 11 is 6.23. The number of methoxy groups -OCH3 is 1. The number of ether oxygens (including phenoxy) is 1. The summed E-state index contributed by atoms with van der Waals surface area (Å²) < 4.78 is 33.4. The molecule has 0 spiro atoms. The van der Waals surface area contributed by atoms with Gasteiger partial charge in [0.2, 0.25) is 0 Å². The molecule has 0 aliphatic rings. The Morgan fingerprint density at radius 3 is 1.64 bits per heavy atom. The first-order chi connectivity index (χ1) is 26.5. The SMILES string of the molecule is COc1ccccc1B(O)O.Cc1ccc(F)c(-c2nc3ccccc3cc2-c2ccccc2C)c1.Cc1ccc(F)c(-c2nc3ccccc3cc2Cl)c1. The first kappa shape index (κ1) is 38.8. The Balaban J connectivity index is 0.000000151. The van der Waals surface area contributed by atoms with Gasteiger partial charge in [-0.25, -0.2) is 18.7 Å². The Kier molecular flexibility index (Phi) is 12.3. The van der Waals surface area contributed by atoms with Crippen molar-refractivity contribution in [3.63, 3.8) is 0 Å². The van der Waals surface area contributed by atoms with Crippen LogP contribution in [0.2, 0.25) is 5.02 Å². The number of aromatic nitrogens is 2. The van der Waals surface area contributed by atoms with E-state index in [1.165, 1.54) is 19.2 Å². The highest BCUT2D eigenvalue weighted by atomic mass is 35.5. The highest BCUT2D eigenvalue weighted by Gasteiger charge is 2.17. The molecule has 0 saturated heterocycles. The van der Waals surface area contributed by atoms with Gasteiger partial charge in [0.05, 0.1) is 34.6 Å². The summed E-state index contributed by atoms with van der Waals surface area (Å²) in [6.07, 6.45) is 0. The molecule has 6 aromatic carbocycles. The number of fused-ring (bicyclic) bond motifs is 2. The van der Waals surface area contributed by atoms with Crippen LogP contribution in [0.25, 0.3) is 55.4 Å². The highest BCUT2D eigenvalue weighted by Crippen LogP contribution is 2.36. The lowest BCUT2D eigenvalue weighted by atomic mass is 9.80. The van der Waals surface area contributed by atoms with Crippen LogP contribution in [0.3, 0.4) is 0 Å². The molecule has 2 N–H and O–H groups in total. The second kappa shape index (κ2) is 17.5. The molecule has 0 atom stereocenters. The Labute approximate surface area is 324 Å². The van der Waals surface area contributed by atoms with Crippen molar-refractivity contribution in [2.45, 2.75) is 20.8 Å². The third kappa shape index (κ3) is 9.07. The molecule has 0 bridgehead atoms. The molecule has 9 heteroatoms. The van der Waals surface area contributed by atoms with Gasteiger partial charge < -0.3 is 14.8 Å². The maximum Gasteiger partial charge on any atom is 0.492 e. The van der Waals surface area contributed by atoms with Crippen molar-refractivity contribution in [2.75, 3.05) is 7.11 Å². The summed E-state index contributed by atoms with van der Waals surface area (Å²) in [5, 5.41) is 20.1. The molecule has 8 aromatic rings. The Morgan fingerprint density at radius 1 is 0.545 bits per heavy atom. The molecule has 55 heavy (non-hydrogen) atoms. The average Bonchev–Trinajstić information content (AvgIpc) is 3.19. The first-order valence-electron chi connectivity index (χ1n) is 17.6. The van der Waals surface area contributed by atoms with Crippen LogP contribution in [0, 0.1) is 32.4 Å². The number of nitrogens with zero attached hydrogens (tertiary/aromatic N) is 2. The zero-order valence-corrected chi connectivity index (χ0v) is 31.5. The second-order valence-corrected chi connectivity index (χ2v) is 13.4. The number of benzene rings is 6. The number of hydrogen-bond acceptors (Lipinski definition) is 5. The molecule has 8 rings (SSSR count). The van der Waals surface area contributed by atoms with Gasteiger partial charge in [0, 0.05) is 32.9 Å². The normalized spacial score (nSPS) is 10.6. The summed E-state index contributed by atoms with van der Waals surface area (Å²) in [6.45, 7) is 5.95. The first-order valence-corrected chi connectivity index (χ1v) is 17.9. The van der Waals surface area contributed by atoms with Crippen molar-refractivity contribution in [2.24, 2.45) is 0 Å². The van der Waals surface area contributed by atoms with Gasteiger partial charge in [0.1, 0.15) is 17.4 Å². The number of rotatable bonds is 5. The minimum absolute atomic E-state index is 0.247. The van der Waals surface area contributed by atoms with Crippen molar-refractivity contribution in [3.8, 4) is 39.4 Å². The monoisotopic (exact) mass is 750 g/mol. The number of aryl methyl sites for hydroxylation is 3. The molecule has 0 aliphatic carbocycles. The third-order valence-corrected chi connectivity index (χ3v) is 9.30. The van der Waals surface area contributed by atoms with E-state index in [4.69, 9.17) is 31.4 Å². The zero-order valence-electron chi connectivity index (χ0n) is 30.8. The molecule has 2 heterocycles. The molecular formula is C46H38BClF2N2O3. The largest absolute Gasteiger partial charge is 0.497 e. The smallest absolute Gasteiger partial charge is 0.492 e. The van der Waals surface area contributed by atoms with Gasteiger partial charge in [-0.1, -0.05) is 114 Å². The standard InChI is InChI=1S/C23H18FN.C16H11ClFN.C7H9BO3/c1-15-11-12-21(24)20(13-15)23-19(18-9-5-3-7-16(18)2)14-17-8-4-6-10-22(17)25-23;1-10-6-7-14(18)12(8-10)16-13(17)9-11-4-2-3-5-15(11)19-16;1-11-7-5-3-2-4-6(7)8(9)10/h3-14H,1-2H3;2-9H,1H3;2-5,9-10H,1H3. The summed E-state index contributed by atoms with van der Waals surface area (Å²) in [7, 11) is 0.0208. The molecule has 0 unspecified atom stereocenters. The molecule has 0 aliphatic heterocycles. The lowest BCUT2D eigenvalue weighted by Gasteiger charge is -2.14. The van der Waals surface area contributed by atoms with Crippen LogP contribution in [-0.2, 0) is 0 Å². The Hall–Kier alpha value is -5.93. The van der Waals surface area contributed by atoms with E-state index in [1.807, 2.05) is 86.6 Å². The summed E-state index contributed by atoms with van der Waals surface area (Å²) in [5.74, 6) is -0.0685. The summed E-state index contributed by atoms with van der Waals surface area (Å²) in [5.41, 5.74) is 9.40. The van der Waals surface area contributed by atoms with E-state index >= 15 is 0 Å². The van der Waals surface area contributed by atoms with Crippen LogP contribution in [0.15, 0.2) is 146 Å². The molecule has 274 valence electrons. The lowest BCUT2D eigenvalue weighted by molar-refractivity contribution is 0.403. The molecule has 0 amide bonds. The lowest BCUT2D eigenvalue weighted by Crippen LogP contribution is -2.30. The van der Waals surface area contributed by atoms with Crippen LogP contribution in [0.5, 0.6) is 5.75 Å². The number of halogens is 3. The maximum atomic E-state index is 14.6. The predicted octanol–water partition coefficient (Wildman–Crippen LogP) is 10.7. The van der Waals surface area contributed by atoms with Crippen molar-refractivity contribution < 1.29 is 23.6 Å². The summed E-state index contributed by atoms with van der Waals surface area (Å²) in [6, 6.07) is 44.6.